The fraction of sp³-hybridized carbons (Fsp3) is 0.562. The van der Waals surface area contributed by atoms with Crippen molar-refractivity contribution in [1.82, 2.24) is 0 Å². The molecule has 0 atom stereocenters. The Kier molecular flexibility index (Phi) is 5.73. The highest BCUT2D eigenvalue weighted by Crippen LogP contribution is 2.34. The normalized spacial score (nSPS) is 17.0. The maximum atomic E-state index is 13.1. The van der Waals surface area contributed by atoms with Crippen molar-refractivity contribution in [3.8, 4) is 0 Å². The molecule has 1 fully saturated rings. The Hall–Kier alpha value is -1.23. The minimum absolute atomic E-state index is 0.00563. The molecule has 0 saturated heterocycles. The maximum absolute atomic E-state index is 13.1. The van der Waals surface area contributed by atoms with Crippen LogP contribution in [0.25, 0.3) is 0 Å². The summed E-state index contributed by atoms with van der Waals surface area (Å²) in [5, 5.41) is 4.20. The van der Waals surface area contributed by atoms with E-state index in [1.807, 2.05) is 0 Å². The second-order valence-corrected chi connectivity index (χ2v) is 5.96. The van der Waals surface area contributed by atoms with Crippen molar-refractivity contribution >= 4 is 17.3 Å². The summed E-state index contributed by atoms with van der Waals surface area (Å²) >= 11 is 5.84. The van der Waals surface area contributed by atoms with Crippen LogP contribution in [-0.2, 0) is 11.0 Å². The van der Waals surface area contributed by atoms with E-state index in [1.165, 1.54) is 25.0 Å². The Balaban J connectivity index is 2.20. The summed E-state index contributed by atoms with van der Waals surface area (Å²) in [5.41, 5.74) is -0.469. The van der Waals surface area contributed by atoms with Gasteiger partial charge in [-0.1, -0.05) is 36.5 Å². The largest absolute Gasteiger partial charge is 0.417 e. The average molecular weight is 334 g/mol. The van der Waals surface area contributed by atoms with Gasteiger partial charge in [0.25, 0.3) is 0 Å². The molecule has 1 aromatic rings. The molecule has 6 heteroatoms. The molecule has 22 heavy (non-hydrogen) atoms. The molecule has 0 amide bonds. The molecule has 1 aliphatic rings. The molecule has 0 spiro atoms. The summed E-state index contributed by atoms with van der Waals surface area (Å²) in [6.07, 6.45) is 0.467. The zero-order valence-electron chi connectivity index (χ0n) is 12.4. The van der Waals surface area contributed by atoms with E-state index >= 15 is 0 Å². The van der Waals surface area contributed by atoms with Gasteiger partial charge in [0.2, 0.25) is 0 Å². The molecule has 1 saturated carbocycles. The molecule has 2 rings (SSSR count). The third-order valence-corrected chi connectivity index (χ3v) is 4.13. The standard InChI is InChI=1S/C16H19ClF3NO/c1-2-15(21-22-10-11-5-3-4-6-11)13-9-12(17)7-8-14(13)16(18,19)20/h7-9,11H,2-6,10H2,1H3. The smallest absolute Gasteiger partial charge is 0.395 e. The summed E-state index contributed by atoms with van der Waals surface area (Å²) in [4.78, 5) is 5.31. The highest BCUT2D eigenvalue weighted by molar-refractivity contribution is 6.31. The molecule has 1 aromatic carbocycles. The van der Waals surface area contributed by atoms with Crippen molar-refractivity contribution in [1.29, 1.82) is 0 Å². The lowest BCUT2D eigenvalue weighted by atomic mass is 10.0. The van der Waals surface area contributed by atoms with Crippen molar-refractivity contribution in [2.75, 3.05) is 6.61 Å². The monoisotopic (exact) mass is 333 g/mol. The Morgan fingerprint density at radius 1 is 1.32 bits per heavy atom. The molecule has 0 heterocycles. The van der Waals surface area contributed by atoms with Gasteiger partial charge in [0.1, 0.15) is 6.61 Å². The summed E-state index contributed by atoms with van der Waals surface area (Å²) in [6.45, 7) is 2.21. The van der Waals surface area contributed by atoms with E-state index < -0.39 is 11.7 Å². The van der Waals surface area contributed by atoms with Gasteiger partial charge in [0.05, 0.1) is 11.3 Å². The van der Waals surface area contributed by atoms with Crippen molar-refractivity contribution in [2.45, 2.75) is 45.2 Å². The second kappa shape index (κ2) is 7.36. The first-order valence-electron chi connectivity index (χ1n) is 7.47. The third kappa shape index (κ3) is 4.38. The van der Waals surface area contributed by atoms with Gasteiger partial charge in [-0.15, -0.1) is 0 Å². The molecule has 0 N–H and O–H groups in total. The van der Waals surface area contributed by atoms with Crippen LogP contribution in [0.2, 0.25) is 5.02 Å². The summed E-state index contributed by atoms with van der Waals surface area (Å²) in [5.74, 6) is 0.461. The van der Waals surface area contributed by atoms with E-state index in [1.54, 1.807) is 6.92 Å². The van der Waals surface area contributed by atoms with E-state index in [2.05, 4.69) is 5.16 Å². The zero-order chi connectivity index (χ0) is 16.2. The van der Waals surface area contributed by atoms with Gasteiger partial charge >= 0.3 is 6.18 Å². The zero-order valence-corrected chi connectivity index (χ0v) is 13.2. The number of hydrogen-bond acceptors (Lipinski definition) is 2. The van der Waals surface area contributed by atoms with Crippen molar-refractivity contribution in [3.63, 3.8) is 0 Å². The number of nitrogens with zero attached hydrogens (tertiary/aromatic N) is 1. The first-order valence-corrected chi connectivity index (χ1v) is 7.85. The predicted octanol–water partition coefficient (Wildman–Crippen LogP) is 5.68. The summed E-state index contributed by atoms with van der Waals surface area (Å²) < 4.78 is 39.3. The number of hydrogen-bond donors (Lipinski definition) is 0. The van der Waals surface area contributed by atoms with Gasteiger partial charge in [0, 0.05) is 10.6 Å². The van der Waals surface area contributed by atoms with E-state index in [0.717, 1.165) is 18.9 Å². The van der Waals surface area contributed by atoms with Crippen LogP contribution < -0.4 is 0 Å². The minimum atomic E-state index is -4.44. The third-order valence-electron chi connectivity index (χ3n) is 3.89. The quantitative estimate of drug-likeness (QED) is 0.502. The Labute approximate surface area is 133 Å². The molecule has 0 unspecified atom stereocenters. The number of oxime groups is 1. The number of benzene rings is 1. The Morgan fingerprint density at radius 2 is 2.00 bits per heavy atom. The molecule has 0 aromatic heterocycles. The van der Waals surface area contributed by atoms with Crippen LogP contribution in [0.3, 0.4) is 0 Å². The first kappa shape index (κ1) is 17.1. The van der Waals surface area contributed by atoms with E-state index in [-0.39, 0.29) is 16.3 Å². The van der Waals surface area contributed by atoms with Crippen molar-refractivity contribution < 1.29 is 18.0 Å². The van der Waals surface area contributed by atoms with Gasteiger partial charge in [-0.25, -0.2) is 0 Å². The van der Waals surface area contributed by atoms with Gasteiger partial charge in [-0.05, 0) is 43.4 Å². The molecule has 0 bridgehead atoms. The number of rotatable bonds is 5. The molecular formula is C16H19ClF3NO. The number of halogens is 4. The van der Waals surface area contributed by atoms with Gasteiger partial charge in [0.15, 0.2) is 0 Å². The first-order chi connectivity index (χ1) is 10.4. The molecule has 122 valence electrons. The van der Waals surface area contributed by atoms with Crippen LogP contribution in [-0.4, -0.2) is 12.3 Å². The lowest BCUT2D eigenvalue weighted by molar-refractivity contribution is -0.137. The lowest BCUT2D eigenvalue weighted by Gasteiger charge is -2.14. The van der Waals surface area contributed by atoms with Crippen LogP contribution in [0.4, 0.5) is 13.2 Å². The molecular weight excluding hydrogens is 315 g/mol. The predicted molar refractivity (Wildman–Crippen MR) is 81.2 cm³/mol. The van der Waals surface area contributed by atoms with E-state index in [9.17, 15) is 13.2 Å². The fourth-order valence-corrected chi connectivity index (χ4v) is 2.88. The fourth-order valence-electron chi connectivity index (χ4n) is 2.70. The Bertz CT molecular complexity index is 537. The van der Waals surface area contributed by atoms with Crippen molar-refractivity contribution in [3.05, 3.63) is 34.3 Å². The lowest BCUT2D eigenvalue weighted by Crippen LogP contribution is -2.14. The van der Waals surface area contributed by atoms with Crippen LogP contribution in [0.15, 0.2) is 23.4 Å². The topological polar surface area (TPSA) is 21.6 Å². The van der Waals surface area contributed by atoms with Crippen LogP contribution in [0.1, 0.15) is 50.2 Å². The maximum Gasteiger partial charge on any atom is 0.417 e. The van der Waals surface area contributed by atoms with Crippen LogP contribution >= 0.6 is 11.6 Å². The van der Waals surface area contributed by atoms with Crippen molar-refractivity contribution in [2.24, 2.45) is 11.1 Å². The van der Waals surface area contributed by atoms with E-state index in [0.29, 0.717) is 18.9 Å². The van der Waals surface area contributed by atoms with E-state index in [4.69, 9.17) is 16.4 Å². The average Bonchev–Trinajstić information content (AvgIpc) is 2.95. The highest BCUT2D eigenvalue weighted by Gasteiger charge is 2.34. The SMILES string of the molecule is CCC(=NOCC1CCCC1)c1cc(Cl)ccc1C(F)(F)F. The molecule has 2 nitrogen and oxygen atoms in total. The summed E-state index contributed by atoms with van der Waals surface area (Å²) in [7, 11) is 0. The molecule has 0 radical (unpaired) electrons. The van der Waals surface area contributed by atoms with Crippen LogP contribution in [0, 0.1) is 5.92 Å². The van der Waals surface area contributed by atoms with Crippen LogP contribution in [0.5, 0.6) is 0 Å². The summed E-state index contributed by atoms with van der Waals surface area (Å²) in [6, 6.07) is 3.52. The number of alkyl halides is 3. The highest BCUT2D eigenvalue weighted by atomic mass is 35.5. The Morgan fingerprint density at radius 3 is 2.59 bits per heavy atom. The van der Waals surface area contributed by atoms with Gasteiger partial charge in [-0.2, -0.15) is 13.2 Å². The second-order valence-electron chi connectivity index (χ2n) is 5.53. The molecule has 0 aliphatic heterocycles. The minimum Gasteiger partial charge on any atom is -0.395 e. The molecule has 1 aliphatic carbocycles. The van der Waals surface area contributed by atoms with Gasteiger partial charge in [-0.3, -0.25) is 0 Å². The van der Waals surface area contributed by atoms with Gasteiger partial charge < -0.3 is 4.84 Å².